The van der Waals surface area contributed by atoms with Crippen molar-refractivity contribution in [2.75, 3.05) is 0 Å². The van der Waals surface area contributed by atoms with E-state index in [1.807, 2.05) is 18.2 Å². The fourth-order valence-corrected chi connectivity index (χ4v) is 3.90. The fourth-order valence-electron chi connectivity index (χ4n) is 1.95. The van der Waals surface area contributed by atoms with Gasteiger partial charge >= 0.3 is 0 Å². The maximum absolute atomic E-state index is 6.09. The van der Waals surface area contributed by atoms with E-state index in [-0.39, 0.29) is 17.1 Å². The van der Waals surface area contributed by atoms with Crippen molar-refractivity contribution in [3.8, 4) is 0 Å². The van der Waals surface area contributed by atoms with E-state index in [9.17, 15) is 0 Å². The van der Waals surface area contributed by atoms with Gasteiger partial charge in [-0.15, -0.1) is 0 Å². The number of hydrogen-bond donors (Lipinski definition) is 0. The number of halogens is 1. The molecule has 1 fully saturated rings. The summed E-state index contributed by atoms with van der Waals surface area (Å²) >= 11 is 6.09. The summed E-state index contributed by atoms with van der Waals surface area (Å²) in [6.45, 7) is 8.46. The number of hydrogen-bond acceptors (Lipinski definition) is 2. The van der Waals surface area contributed by atoms with Gasteiger partial charge in [0.25, 0.3) is 7.73 Å². The summed E-state index contributed by atoms with van der Waals surface area (Å²) in [6, 6.07) is 10.2. The Morgan fingerprint density at radius 3 is 2.29 bits per heavy atom. The van der Waals surface area contributed by atoms with Gasteiger partial charge in [-0.1, -0.05) is 44.2 Å². The van der Waals surface area contributed by atoms with E-state index >= 15 is 0 Å². The minimum absolute atomic E-state index is 0.0314. The molecule has 0 spiro atoms. The van der Waals surface area contributed by atoms with Crippen molar-refractivity contribution in [1.82, 2.24) is 0 Å². The molecule has 2 nitrogen and oxygen atoms in total. The molecule has 94 valence electrons. The SMILES string of the molecule is CC1(C)OP(Cl)OC(c2ccccc2)C1(C)C. The van der Waals surface area contributed by atoms with Crippen LogP contribution in [0.3, 0.4) is 0 Å². The highest BCUT2D eigenvalue weighted by atomic mass is 35.7. The number of rotatable bonds is 1. The van der Waals surface area contributed by atoms with Crippen molar-refractivity contribution in [1.29, 1.82) is 0 Å². The molecule has 1 heterocycles. The minimum Gasteiger partial charge on any atom is -0.315 e. The number of benzene rings is 1. The third kappa shape index (κ3) is 2.37. The molecule has 0 amide bonds. The molecule has 2 atom stereocenters. The molecule has 1 saturated heterocycles. The third-order valence-corrected chi connectivity index (χ3v) is 5.22. The quantitative estimate of drug-likeness (QED) is 0.667. The molecule has 0 bridgehead atoms. The Morgan fingerprint density at radius 1 is 1.12 bits per heavy atom. The largest absolute Gasteiger partial charge is 0.315 e. The first-order valence-electron chi connectivity index (χ1n) is 5.71. The molecule has 0 saturated carbocycles. The summed E-state index contributed by atoms with van der Waals surface area (Å²) in [7, 11) is -1.33. The first-order chi connectivity index (χ1) is 7.84. The van der Waals surface area contributed by atoms with E-state index in [1.54, 1.807) is 0 Å². The summed E-state index contributed by atoms with van der Waals surface area (Å²) in [5.41, 5.74) is 0.711. The molecule has 2 unspecified atom stereocenters. The van der Waals surface area contributed by atoms with Crippen LogP contribution < -0.4 is 0 Å². The lowest BCUT2D eigenvalue weighted by molar-refractivity contribution is -0.115. The van der Waals surface area contributed by atoms with Gasteiger partial charge in [0.1, 0.15) is 0 Å². The van der Waals surface area contributed by atoms with Crippen LogP contribution in [0.5, 0.6) is 0 Å². The Labute approximate surface area is 109 Å². The van der Waals surface area contributed by atoms with Gasteiger partial charge < -0.3 is 9.05 Å². The zero-order chi connectivity index (χ0) is 12.7. The van der Waals surface area contributed by atoms with Crippen molar-refractivity contribution < 1.29 is 9.05 Å². The van der Waals surface area contributed by atoms with Gasteiger partial charge in [0.15, 0.2) is 0 Å². The van der Waals surface area contributed by atoms with Crippen molar-refractivity contribution >= 4 is 19.0 Å². The predicted molar refractivity (Wildman–Crippen MR) is 72.0 cm³/mol. The van der Waals surface area contributed by atoms with Gasteiger partial charge in [0.2, 0.25) is 0 Å². The van der Waals surface area contributed by atoms with E-state index in [0.29, 0.717) is 0 Å². The van der Waals surface area contributed by atoms with Crippen LogP contribution >= 0.6 is 19.0 Å². The zero-order valence-electron chi connectivity index (χ0n) is 10.6. The van der Waals surface area contributed by atoms with Crippen molar-refractivity contribution in [2.45, 2.75) is 39.4 Å². The Hall–Kier alpha value is -0.140. The highest BCUT2D eigenvalue weighted by molar-refractivity contribution is 7.76. The zero-order valence-corrected chi connectivity index (χ0v) is 12.3. The van der Waals surface area contributed by atoms with Crippen LogP contribution in [0.25, 0.3) is 0 Å². The minimum atomic E-state index is -1.33. The molecular formula is C13H18ClO2P. The van der Waals surface area contributed by atoms with E-state index in [0.717, 1.165) is 5.56 Å². The lowest BCUT2D eigenvalue weighted by Crippen LogP contribution is -2.47. The predicted octanol–water partition coefficient (Wildman–Crippen LogP) is 5.05. The van der Waals surface area contributed by atoms with E-state index in [1.165, 1.54) is 0 Å². The van der Waals surface area contributed by atoms with Gasteiger partial charge in [0, 0.05) is 5.41 Å². The molecule has 1 aliphatic heterocycles. The fraction of sp³-hybridized carbons (Fsp3) is 0.538. The normalized spacial score (nSPS) is 31.1. The molecule has 4 heteroatoms. The lowest BCUT2D eigenvalue weighted by Gasteiger charge is -2.50. The van der Waals surface area contributed by atoms with Crippen LogP contribution in [0.4, 0.5) is 0 Å². The lowest BCUT2D eigenvalue weighted by atomic mass is 9.71. The van der Waals surface area contributed by atoms with Crippen LogP contribution in [0.2, 0.25) is 0 Å². The first-order valence-corrected chi connectivity index (χ1v) is 7.79. The summed E-state index contributed by atoms with van der Waals surface area (Å²) in [6.07, 6.45) is -0.0314. The Morgan fingerprint density at radius 2 is 1.71 bits per heavy atom. The average molecular weight is 273 g/mol. The molecule has 17 heavy (non-hydrogen) atoms. The molecular weight excluding hydrogens is 255 g/mol. The molecule has 0 N–H and O–H groups in total. The second-order valence-electron chi connectivity index (χ2n) is 5.43. The average Bonchev–Trinajstić information content (AvgIpc) is 2.24. The second kappa shape index (κ2) is 4.51. The summed E-state index contributed by atoms with van der Waals surface area (Å²) in [4.78, 5) is 0. The van der Waals surface area contributed by atoms with Crippen molar-refractivity contribution in [3.05, 3.63) is 35.9 Å². The molecule has 1 aliphatic rings. The van der Waals surface area contributed by atoms with Crippen LogP contribution in [-0.4, -0.2) is 5.60 Å². The van der Waals surface area contributed by atoms with Crippen molar-refractivity contribution in [3.63, 3.8) is 0 Å². The third-order valence-electron chi connectivity index (χ3n) is 3.80. The summed E-state index contributed by atoms with van der Waals surface area (Å²) < 4.78 is 11.6. The van der Waals surface area contributed by atoms with Gasteiger partial charge in [-0.2, -0.15) is 0 Å². The first kappa shape index (κ1) is 13.3. The standard InChI is InChI=1S/C13H18ClO2P/c1-12(2)11(10-8-6-5-7-9-10)15-17(14)16-13(12,3)4/h5-9,11H,1-4H3. The Kier molecular flexibility index (Phi) is 3.53. The van der Waals surface area contributed by atoms with Gasteiger partial charge in [-0.25, -0.2) is 0 Å². The second-order valence-corrected chi connectivity index (χ2v) is 7.08. The van der Waals surface area contributed by atoms with Crippen LogP contribution in [0.1, 0.15) is 39.4 Å². The molecule has 2 rings (SSSR count). The molecule has 0 aliphatic carbocycles. The Bertz CT molecular complexity index is 392. The van der Waals surface area contributed by atoms with E-state index < -0.39 is 7.73 Å². The van der Waals surface area contributed by atoms with Crippen molar-refractivity contribution in [2.24, 2.45) is 5.41 Å². The topological polar surface area (TPSA) is 18.5 Å². The van der Waals surface area contributed by atoms with Gasteiger partial charge in [0.05, 0.1) is 11.7 Å². The molecule has 1 aromatic rings. The van der Waals surface area contributed by atoms with Gasteiger partial charge in [-0.3, -0.25) is 0 Å². The smallest absolute Gasteiger partial charge is 0.277 e. The molecule has 1 aromatic carbocycles. The van der Waals surface area contributed by atoms with Crippen LogP contribution in [0, 0.1) is 5.41 Å². The molecule has 0 radical (unpaired) electrons. The maximum Gasteiger partial charge on any atom is 0.277 e. The van der Waals surface area contributed by atoms with E-state index in [2.05, 4.69) is 39.8 Å². The highest BCUT2D eigenvalue weighted by Crippen LogP contribution is 2.64. The summed E-state index contributed by atoms with van der Waals surface area (Å²) in [5, 5.41) is 0. The van der Waals surface area contributed by atoms with Gasteiger partial charge in [-0.05, 0) is 30.7 Å². The van der Waals surface area contributed by atoms with Crippen LogP contribution in [-0.2, 0) is 9.05 Å². The summed E-state index contributed by atoms with van der Waals surface area (Å²) in [5.74, 6) is 0. The van der Waals surface area contributed by atoms with Crippen LogP contribution in [0.15, 0.2) is 30.3 Å². The molecule has 0 aromatic heterocycles. The van der Waals surface area contributed by atoms with E-state index in [4.69, 9.17) is 20.3 Å². The monoisotopic (exact) mass is 272 g/mol. The highest BCUT2D eigenvalue weighted by Gasteiger charge is 2.51. The maximum atomic E-state index is 6.09. The Balaban J connectivity index is 2.39.